The largest absolute Gasteiger partial charge is 0.456 e. The van der Waals surface area contributed by atoms with E-state index in [1.807, 2.05) is 6.07 Å². The number of benzene rings is 9. The Kier molecular flexibility index (Phi) is 7.85. The lowest BCUT2D eigenvalue weighted by molar-refractivity contribution is 0.669. The Bertz CT molecular complexity index is 2840. The molecule has 54 heavy (non-hydrogen) atoms. The molecule has 1 aromatic heterocycles. The molecule has 1 heterocycles. The maximum atomic E-state index is 6.41. The van der Waals surface area contributed by atoms with Gasteiger partial charge in [-0.15, -0.1) is 0 Å². The summed E-state index contributed by atoms with van der Waals surface area (Å²) in [6, 6.07) is 75.9. The van der Waals surface area contributed by atoms with E-state index in [1.54, 1.807) is 0 Å². The predicted molar refractivity (Wildman–Crippen MR) is 228 cm³/mol. The van der Waals surface area contributed by atoms with Crippen molar-refractivity contribution in [1.29, 1.82) is 0 Å². The van der Waals surface area contributed by atoms with Crippen LogP contribution in [0.4, 0.5) is 17.1 Å². The average molecular weight is 690 g/mol. The minimum Gasteiger partial charge on any atom is -0.456 e. The first-order valence-electron chi connectivity index (χ1n) is 18.4. The fourth-order valence-electron chi connectivity index (χ4n) is 7.84. The third-order valence-corrected chi connectivity index (χ3v) is 10.4. The van der Waals surface area contributed by atoms with Crippen molar-refractivity contribution in [3.63, 3.8) is 0 Å². The van der Waals surface area contributed by atoms with E-state index in [9.17, 15) is 0 Å². The Morgan fingerprint density at radius 3 is 1.44 bits per heavy atom. The molecule has 0 saturated carbocycles. The molecule has 0 saturated heterocycles. The Morgan fingerprint density at radius 2 is 0.796 bits per heavy atom. The fraction of sp³-hybridized carbons (Fsp3) is 0. The first kappa shape index (κ1) is 31.6. The van der Waals surface area contributed by atoms with Gasteiger partial charge in [0.2, 0.25) is 0 Å². The van der Waals surface area contributed by atoms with Gasteiger partial charge in [-0.05, 0) is 116 Å². The van der Waals surface area contributed by atoms with Crippen LogP contribution in [0.5, 0.6) is 0 Å². The van der Waals surface area contributed by atoms with E-state index < -0.39 is 0 Å². The van der Waals surface area contributed by atoms with Gasteiger partial charge >= 0.3 is 0 Å². The van der Waals surface area contributed by atoms with Crippen LogP contribution in [0.2, 0.25) is 0 Å². The maximum absolute atomic E-state index is 6.41. The number of hydrogen-bond donors (Lipinski definition) is 0. The minimum absolute atomic E-state index is 0.909. The van der Waals surface area contributed by atoms with E-state index in [2.05, 4.69) is 211 Å². The van der Waals surface area contributed by atoms with Gasteiger partial charge in [0.1, 0.15) is 11.2 Å². The number of nitrogens with zero attached hydrogens (tertiary/aromatic N) is 1. The van der Waals surface area contributed by atoms with Crippen molar-refractivity contribution in [2.24, 2.45) is 0 Å². The van der Waals surface area contributed by atoms with Crippen LogP contribution in [0, 0.1) is 0 Å². The van der Waals surface area contributed by atoms with E-state index in [1.165, 1.54) is 49.7 Å². The molecule has 0 bridgehead atoms. The van der Waals surface area contributed by atoms with Crippen LogP contribution in [0.15, 0.2) is 217 Å². The molecule has 0 aliphatic rings. The Morgan fingerprint density at radius 1 is 0.278 bits per heavy atom. The molecule has 10 aromatic rings. The van der Waals surface area contributed by atoms with Gasteiger partial charge in [-0.25, -0.2) is 0 Å². The Balaban J connectivity index is 1.11. The highest BCUT2D eigenvalue weighted by Crippen LogP contribution is 2.43. The number of fused-ring (bicyclic) bond motifs is 5. The molecule has 0 amide bonds. The summed E-state index contributed by atoms with van der Waals surface area (Å²) in [6.07, 6.45) is 0. The normalized spacial score (nSPS) is 11.3. The van der Waals surface area contributed by atoms with E-state index in [0.29, 0.717) is 0 Å². The van der Waals surface area contributed by atoms with Gasteiger partial charge < -0.3 is 9.32 Å². The topological polar surface area (TPSA) is 16.4 Å². The Hall–Kier alpha value is -7.16. The molecule has 0 aliphatic carbocycles. The van der Waals surface area contributed by atoms with Crippen LogP contribution in [0.25, 0.3) is 77.2 Å². The third-order valence-electron chi connectivity index (χ3n) is 10.4. The highest BCUT2D eigenvalue weighted by Gasteiger charge is 2.18. The van der Waals surface area contributed by atoms with Crippen molar-refractivity contribution < 1.29 is 4.42 Å². The summed E-state index contributed by atoms with van der Waals surface area (Å²) in [4.78, 5) is 2.36. The summed E-state index contributed by atoms with van der Waals surface area (Å²) < 4.78 is 6.41. The molecule has 2 nitrogen and oxygen atoms in total. The summed E-state index contributed by atoms with van der Waals surface area (Å²) in [5.74, 6) is 0. The van der Waals surface area contributed by atoms with E-state index in [4.69, 9.17) is 4.42 Å². The molecule has 0 unspecified atom stereocenters. The lowest BCUT2D eigenvalue weighted by atomic mass is 9.92. The molecule has 254 valence electrons. The van der Waals surface area contributed by atoms with Crippen LogP contribution >= 0.6 is 0 Å². The zero-order chi connectivity index (χ0) is 35.8. The van der Waals surface area contributed by atoms with Gasteiger partial charge in [-0.2, -0.15) is 0 Å². The highest BCUT2D eigenvalue weighted by molar-refractivity contribution is 6.22. The second-order valence-corrected chi connectivity index (χ2v) is 13.7. The summed E-state index contributed by atoms with van der Waals surface area (Å²) in [6.45, 7) is 0. The second-order valence-electron chi connectivity index (χ2n) is 13.7. The summed E-state index contributed by atoms with van der Waals surface area (Å²) in [7, 11) is 0. The average Bonchev–Trinajstić information content (AvgIpc) is 3.64. The summed E-state index contributed by atoms with van der Waals surface area (Å²) in [5, 5.41) is 4.70. The maximum Gasteiger partial charge on any atom is 0.136 e. The number of furan rings is 1. The van der Waals surface area contributed by atoms with Gasteiger partial charge in [0, 0.05) is 27.8 Å². The van der Waals surface area contributed by atoms with Crippen molar-refractivity contribution in [2.45, 2.75) is 0 Å². The molecule has 0 radical (unpaired) electrons. The minimum atomic E-state index is 0.909. The predicted octanol–water partition coefficient (Wildman–Crippen LogP) is 14.9. The van der Waals surface area contributed by atoms with E-state index >= 15 is 0 Å². The molecule has 0 atom stereocenters. The zero-order valence-corrected chi connectivity index (χ0v) is 29.6. The van der Waals surface area contributed by atoms with E-state index in [-0.39, 0.29) is 0 Å². The van der Waals surface area contributed by atoms with Crippen molar-refractivity contribution in [1.82, 2.24) is 0 Å². The highest BCUT2D eigenvalue weighted by atomic mass is 16.3. The molecule has 0 spiro atoms. The van der Waals surface area contributed by atoms with Crippen LogP contribution in [-0.2, 0) is 0 Å². The zero-order valence-electron chi connectivity index (χ0n) is 29.6. The molecule has 2 heteroatoms. The standard InChI is InChI=1S/C52H35NO/c1-5-15-36(16-6-1)41-31-42(37-17-7-2-8-18-37)33-45(32-41)53(43-21-11-4-12-22-43)44-28-25-38(26-29-44)40-27-30-46-49(34-40)48(39-19-9-3-10-20-39)35-51-52(46)47-23-13-14-24-50(47)54-51/h1-35H. The molecular formula is C52H35NO. The van der Waals surface area contributed by atoms with Gasteiger partial charge in [-0.3, -0.25) is 0 Å². The fourth-order valence-corrected chi connectivity index (χ4v) is 7.84. The first-order chi connectivity index (χ1) is 26.8. The van der Waals surface area contributed by atoms with Crippen LogP contribution in [0.1, 0.15) is 0 Å². The number of rotatable bonds is 7. The molecule has 0 N–H and O–H groups in total. The summed E-state index contributed by atoms with van der Waals surface area (Å²) >= 11 is 0. The lowest BCUT2D eigenvalue weighted by Gasteiger charge is -2.27. The number of anilines is 3. The SMILES string of the molecule is c1ccc(-c2cc(-c3ccccc3)cc(N(c3ccccc3)c3ccc(-c4ccc5c(c4)c(-c4ccccc4)cc4oc6ccccc6c45)cc3)c2)cc1. The molecular weight excluding hydrogens is 655 g/mol. The molecule has 10 rings (SSSR count). The van der Waals surface area contributed by atoms with Crippen molar-refractivity contribution in [3.05, 3.63) is 212 Å². The van der Waals surface area contributed by atoms with Gasteiger partial charge in [0.05, 0.1) is 0 Å². The molecule has 0 fully saturated rings. The third kappa shape index (κ3) is 5.71. The molecule has 9 aromatic carbocycles. The monoisotopic (exact) mass is 689 g/mol. The summed E-state index contributed by atoms with van der Waals surface area (Å²) in [5.41, 5.74) is 14.5. The van der Waals surface area contributed by atoms with Gasteiger partial charge in [-0.1, -0.05) is 152 Å². The quantitative estimate of drug-likeness (QED) is 0.166. The van der Waals surface area contributed by atoms with Gasteiger partial charge in [0.15, 0.2) is 0 Å². The first-order valence-corrected chi connectivity index (χ1v) is 18.4. The number of hydrogen-bond acceptors (Lipinski definition) is 2. The van der Waals surface area contributed by atoms with E-state index in [0.717, 1.165) is 44.6 Å². The van der Waals surface area contributed by atoms with Crippen molar-refractivity contribution >= 4 is 49.8 Å². The second kappa shape index (κ2) is 13.4. The lowest BCUT2D eigenvalue weighted by Crippen LogP contribution is -2.10. The Labute approximate surface area is 314 Å². The van der Waals surface area contributed by atoms with Crippen molar-refractivity contribution in [2.75, 3.05) is 4.90 Å². The van der Waals surface area contributed by atoms with Crippen LogP contribution in [0.3, 0.4) is 0 Å². The van der Waals surface area contributed by atoms with Crippen LogP contribution < -0.4 is 4.90 Å². The van der Waals surface area contributed by atoms with Crippen molar-refractivity contribution in [3.8, 4) is 44.5 Å². The smallest absolute Gasteiger partial charge is 0.136 e. The van der Waals surface area contributed by atoms with Crippen LogP contribution in [-0.4, -0.2) is 0 Å². The molecule has 0 aliphatic heterocycles. The number of para-hydroxylation sites is 2. The van der Waals surface area contributed by atoms with Gasteiger partial charge in [0.25, 0.3) is 0 Å².